The van der Waals surface area contributed by atoms with Gasteiger partial charge in [-0.1, -0.05) is 0 Å². The molecule has 21 heavy (non-hydrogen) atoms. The molecule has 2 heterocycles. The van der Waals surface area contributed by atoms with Gasteiger partial charge in [0.25, 0.3) is 0 Å². The van der Waals surface area contributed by atoms with Crippen molar-refractivity contribution in [3.63, 3.8) is 0 Å². The van der Waals surface area contributed by atoms with E-state index in [9.17, 15) is 28.1 Å². The summed E-state index contributed by atoms with van der Waals surface area (Å²) in [4.78, 5) is 24.1. The molecule has 0 aromatic carbocycles. The van der Waals surface area contributed by atoms with Crippen LogP contribution in [0.15, 0.2) is 12.3 Å². The number of pyridine rings is 1. The number of hydrogen-bond acceptors (Lipinski definition) is 5. The molecule has 0 bridgehead atoms. The van der Waals surface area contributed by atoms with E-state index in [0.717, 1.165) is 0 Å². The van der Waals surface area contributed by atoms with E-state index in [0.29, 0.717) is 25.1 Å². The van der Waals surface area contributed by atoms with Crippen LogP contribution in [0.25, 0.3) is 0 Å². The first-order valence-electron chi connectivity index (χ1n) is 6.02. The van der Waals surface area contributed by atoms with E-state index in [2.05, 4.69) is 15.6 Å². The number of carbonyl (C=O) groups excluding carboxylic acids is 1. The zero-order valence-corrected chi connectivity index (χ0v) is 10.6. The molecule has 0 radical (unpaired) electrons. The standard InChI is InChI=1S/C11H11F3N4O3/c12-11(13,14)9-3-7(8(5-16-9)18(20)21)15-4-6-1-2-10(19)17-6/h3,5-6H,1-2,4H2,(H,15,16)(H,17,19). The molecule has 0 aliphatic carbocycles. The number of nitro groups is 1. The third kappa shape index (κ3) is 3.58. The highest BCUT2D eigenvalue weighted by molar-refractivity contribution is 5.78. The van der Waals surface area contributed by atoms with Crippen molar-refractivity contribution in [1.29, 1.82) is 0 Å². The second kappa shape index (κ2) is 5.54. The molecule has 1 amide bonds. The summed E-state index contributed by atoms with van der Waals surface area (Å²) in [6.07, 6.45) is -3.26. The first-order chi connectivity index (χ1) is 9.77. The zero-order chi connectivity index (χ0) is 15.6. The Labute approximate surface area is 116 Å². The van der Waals surface area contributed by atoms with E-state index in [1.54, 1.807) is 0 Å². The number of carbonyl (C=O) groups is 1. The summed E-state index contributed by atoms with van der Waals surface area (Å²) in [5.41, 5.74) is -2.04. The maximum absolute atomic E-state index is 12.6. The third-order valence-electron chi connectivity index (χ3n) is 2.99. The van der Waals surface area contributed by atoms with Gasteiger partial charge in [0.05, 0.1) is 4.92 Å². The summed E-state index contributed by atoms with van der Waals surface area (Å²) >= 11 is 0. The second-order valence-electron chi connectivity index (χ2n) is 4.53. The van der Waals surface area contributed by atoms with Gasteiger partial charge in [-0.2, -0.15) is 13.2 Å². The van der Waals surface area contributed by atoms with E-state index in [4.69, 9.17) is 0 Å². The summed E-state index contributed by atoms with van der Waals surface area (Å²) in [5.74, 6) is -0.151. The predicted molar refractivity (Wildman–Crippen MR) is 65.5 cm³/mol. The van der Waals surface area contributed by atoms with Crippen molar-refractivity contribution >= 4 is 17.3 Å². The van der Waals surface area contributed by atoms with Gasteiger partial charge in [-0.25, -0.2) is 4.98 Å². The van der Waals surface area contributed by atoms with Crippen LogP contribution in [0.4, 0.5) is 24.5 Å². The van der Waals surface area contributed by atoms with Crippen molar-refractivity contribution in [3.8, 4) is 0 Å². The largest absolute Gasteiger partial charge is 0.433 e. The molecule has 10 heteroatoms. The Hall–Kier alpha value is -2.39. The van der Waals surface area contributed by atoms with Crippen molar-refractivity contribution in [3.05, 3.63) is 28.1 Å². The van der Waals surface area contributed by atoms with Gasteiger partial charge in [0.15, 0.2) is 0 Å². The molecule has 1 saturated heterocycles. The number of halogens is 3. The highest BCUT2D eigenvalue weighted by Crippen LogP contribution is 2.32. The lowest BCUT2D eigenvalue weighted by Crippen LogP contribution is -2.32. The van der Waals surface area contributed by atoms with Crippen LogP contribution in [0, 0.1) is 10.1 Å². The lowest BCUT2D eigenvalue weighted by Gasteiger charge is -2.13. The van der Waals surface area contributed by atoms with Crippen LogP contribution < -0.4 is 10.6 Å². The van der Waals surface area contributed by atoms with Crippen LogP contribution in [-0.2, 0) is 11.0 Å². The van der Waals surface area contributed by atoms with Crippen molar-refractivity contribution in [2.24, 2.45) is 0 Å². The molecule has 2 N–H and O–H groups in total. The fourth-order valence-corrected chi connectivity index (χ4v) is 1.95. The van der Waals surface area contributed by atoms with Gasteiger partial charge in [0.2, 0.25) is 5.91 Å². The smallest absolute Gasteiger partial charge is 0.377 e. The van der Waals surface area contributed by atoms with E-state index in [1.165, 1.54) is 0 Å². The van der Waals surface area contributed by atoms with Crippen LogP contribution in [0.3, 0.4) is 0 Å². The number of hydrogen-bond donors (Lipinski definition) is 2. The highest BCUT2D eigenvalue weighted by atomic mass is 19.4. The fraction of sp³-hybridized carbons (Fsp3) is 0.455. The molecule has 1 fully saturated rings. The number of nitrogens with one attached hydrogen (secondary N) is 2. The molecular formula is C11H11F3N4O3. The molecule has 0 saturated carbocycles. The third-order valence-corrected chi connectivity index (χ3v) is 2.99. The average molecular weight is 304 g/mol. The number of aromatic nitrogens is 1. The second-order valence-corrected chi connectivity index (χ2v) is 4.53. The summed E-state index contributed by atoms with van der Waals surface area (Å²) in [6, 6.07) is 0.328. The van der Waals surface area contributed by atoms with Crippen molar-refractivity contribution in [1.82, 2.24) is 10.3 Å². The Kier molecular flexibility index (Phi) is 3.96. The molecule has 1 aromatic rings. The number of alkyl halides is 3. The van der Waals surface area contributed by atoms with Gasteiger partial charge in [0.1, 0.15) is 17.6 Å². The molecule has 7 nitrogen and oxygen atoms in total. The number of anilines is 1. The quantitative estimate of drug-likeness (QED) is 0.652. The SMILES string of the molecule is O=C1CCC(CNc2cc(C(F)(F)F)ncc2[N+](=O)[O-])N1. The normalized spacial score (nSPS) is 18.4. The molecular weight excluding hydrogens is 293 g/mol. The van der Waals surface area contributed by atoms with Gasteiger partial charge in [-0.15, -0.1) is 0 Å². The van der Waals surface area contributed by atoms with Crippen LogP contribution >= 0.6 is 0 Å². The zero-order valence-electron chi connectivity index (χ0n) is 10.6. The first-order valence-corrected chi connectivity index (χ1v) is 6.02. The van der Waals surface area contributed by atoms with E-state index in [1.807, 2.05) is 0 Å². The molecule has 1 aromatic heterocycles. The first kappa shape index (κ1) is 15.0. The van der Waals surface area contributed by atoms with Gasteiger partial charge < -0.3 is 10.6 Å². The van der Waals surface area contributed by atoms with Gasteiger partial charge in [-0.05, 0) is 12.5 Å². The van der Waals surface area contributed by atoms with E-state index >= 15 is 0 Å². The van der Waals surface area contributed by atoms with Crippen LogP contribution in [0.1, 0.15) is 18.5 Å². The molecule has 114 valence electrons. The van der Waals surface area contributed by atoms with E-state index < -0.39 is 22.5 Å². The number of nitrogens with zero attached hydrogens (tertiary/aromatic N) is 2. The number of rotatable bonds is 4. The Morgan fingerprint density at radius 1 is 1.52 bits per heavy atom. The van der Waals surface area contributed by atoms with Crippen molar-refractivity contribution < 1.29 is 22.9 Å². The minimum atomic E-state index is -4.69. The minimum absolute atomic E-state index is 0.105. The predicted octanol–water partition coefficient (Wildman–Crippen LogP) is 1.70. The lowest BCUT2D eigenvalue weighted by molar-refractivity contribution is -0.384. The fourth-order valence-electron chi connectivity index (χ4n) is 1.95. The summed E-state index contributed by atoms with van der Waals surface area (Å²) in [6.45, 7) is 0.105. The maximum atomic E-state index is 12.6. The van der Waals surface area contributed by atoms with Crippen molar-refractivity contribution in [2.45, 2.75) is 25.1 Å². The van der Waals surface area contributed by atoms with Crippen LogP contribution in [0.5, 0.6) is 0 Å². The summed E-state index contributed by atoms with van der Waals surface area (Å²) in [7, 11) is 0. The lowest BCUT2D eigenvalue weighted by atomic mass is 10.2. The van der Waals surface area contributed by atoms with Gasteiger partial charge in [0, 0.05) is 19.0 Å². The molecule has 1 aliphatic rings. The molecule has 2 rings (SSSR count). The van der Waals surface area contributed by atoms with Crippen LogP contribution in [-0.4, -0.2) is 28.4 Å². The van der Waals surface area contributed by atoms with Gasteiger partial charge in [-0.3, -0.25) is 14.9 Å². The Morgan fingerprint density at radius 2 is 2.24 bits per heavy atom. The monoisotopic (exact) mass is 304 g/mol. The Bertz CT molecular complexity index is 576. The molecule has 0 spiro atoms. The summed E-state index contributed by atoms with van der Waals surface area (Å²) in [5, 5.41) is 16.0. The topological polar surface area (TPSA) is 97.2 Å². The molecule has 1 unspecified atom stereocenters. The van der Waals surface area contributed by atoms with Crippen molar-refractivity contribution in [2.75, 3.05) is 11.9 Å². The molecule has 1 aliphatic heterocycles. The van der Waals surface area contributed by atoms with Gasteiger partial charge >= 0.3 is 11.9 Å². The van der Waals surface area contributed by atoms with E-state index in [-0.39, 0.29) is 24.2 Å². The maximum Gasteiger partial charge on any atom is 0.433 e. The minimum Gasteiger partial charge on any atom is -0.377 e. The van der Waals surface area contributed by atoms with Crippen LogP contribution in [0.2, 0.25) is 0 Å². The highest BCUT2D eigenvalue weighted by Gasteiger charge is 2.34. The Balaban J connectivity index is 2.18. The Morgan fingerprint density at radius 3 is 2.76 bits per heavy atom. The molecule has 1 atom stereocenters. The number of amides is 1. The average Bonchev–Trinajstić information content (AvgIpc) is 2.80. The summed E-state index contributed by atoms with van der Waals surface area (Å²) < 4.78 is 37.7.